The molecule has 22 heavy (non-hydrogen) atoms. The molecule has 3 rings (SSSR count). The van der Waals surface area contributed by atoms with Crippen molar-refractivity contribution in [3.63, 3.8) is 0 Å². The minimum Gasteiger partial charge on any atom is -0.497 e. The third-order valence-corrected chi connectivity index (χ3v) is 4.15. The number of methoxy groups -OCH3 is 1. The van der Waals surface area contributed by atoms with Gasteiger partial charge in [-0.15, -0.1) is 0 Å². The second kappa shape index (κ2) is 6.22. The van der Waals surface area contributed by atoms with E-state index in [1.807, 2.05) is 29.2 Å². The highest BCUT2D eigenvalue weighted by atomic mass is 16.5. The van der Waals surface area contributed by atoms with E-state index in [4.69, 9.17) is 9.26 Å². The van der Waals surface area contributed by atoms with Crippen LogP contribution in [0.4, 0.5) is 0 Å². The summed E-state index contributed by atoms with van der Waals surface area (Å²) in [5, 5.41) is 3.95. The molecule has 0 unspecified atom stereocenters. The normalized spacial score (nSPS) is 18.3. The van der Waals surface area contributed by atoms with Gasteiger partial charge in [0.1, 0.15) is 5.75 Å². The van der Waals surface area contributed by atoms with Gasteiger partial charge in [-0.3, -0.25) is 4.79 Å². The van der Waals surface area contributed by atoms with Gasteiger partial charge in [0.15, 0.2) is 11.5 Å². The number of likely N-dealkylation sites (tertiary alicyclic amines) is 1. The largest absolute Gasteiger partial charge is 0.497 e. The molecular weight excluding hydrogens is 280 g/mol. The van der Waals surface area contributed by atoms with Gasteiger partial charge < -0.3 is 14.2 Å². The van der Waals surface area contributed by atoms with E-state index >= 15 is 0 Å². The summed E-state index contributed by atoms with van der Waals surface area (Å²) in [6.07, 6.45) is 3.28. The Morgan fingerprint density at radius 2 is 2.23 bits per heavy atom. The number of aromatic nitrogens is 1. The zero-order chi connectivity index (χ0) is 15.5. The van der Waals surface area contributed by atoms with Crippen LogP contribution in [0.25, 0.3) is 11.3 Å². The maximum atomic E-state index is 12.6. The molecule has 5 nitrogen and oxygen atoms in total. The molecule has 2 heterocycles. The third-order valence-electron chi connectivity index (χ3n) is 4.15. The van der Waals surface area contributed by atoms with Gasteiger partial charge in [0, 0.05) is 24.2 Å². The van der Waals surface area contributed by atoms with Crippen LogP contribution in [0.1, 0.15) is 36.7 Å². The molecule has 0 N–H and O–H groups in total. The predicted molar refractivity (Wildman–Crippen MR) is 82.8 cm³/mol. The molecule has 0 bridgehead atoms. The Morgan fingerprint density at radius 1 is 1.36 bits per heavy atom. The van der Waals surface area contributed by atoms with E-state index in [-0.39, 0.29) is 11.9 Å². The first-order valence-corrected chi connectivity index (χ1v) is 7.61. The number of nitrogens with zero attached hydrogens (tertiary/aromatic N) is 2. The second-order valence-corrected chi connectivity index (χ2v) is 5.65. The van der Waals surface area contributed by atoms with E-state index < -0.39 is 0 Å². The van der Waals surface area contributed by atoms with Crippen LogP contribution in [0, 0.1) is 0 Å². The molecule has 1 aromatic carbocycles. The molecule has 1 aromatic heterocycles. The number of hydrogen-bond donors (Lipinski definition) is 0. The number of amides is 1. The fourth-order valence-electron chi connectivity index (χ4n) is 2.84. The van der Waals surface area contributed by atoms with Crippen molar-refractivity contribution < 1.29 is 14.1 Å². The van der Waals surface area contributed by atoms with Crippen molar-refractivity contribution in [2.45, 2.75) is 32.2 Å². The highest BCUT2D eigenvalue weighted by Crippen LogP contribution is 2.26. The first-order chi connectivity index (χ1) is 10.7. The molecule has 0 radical (unpaired) electrons. The van der Waals surface area contributed by atoms with Gasteiger partial charge in [-0.25, -0.2) is 0 Å². The molecule has 1 amide bonds. The SMILES string of the molecule is COc1cccc(-c2cc(C(=O)N3CCCC[C@H]3C)no2)c1. The van der Waals surface area contributed by atoms with Crippen molar-refractivity contribution in [3.8, 4) is 17.1 Å². The van der Waals surface area contributed by atoms with Crippen LogP contribution in [0.15, 0.2) is 34.9 Å². The van der Waals surface area contributed by atoms with Gasteiger partial charge >= 0.3 is 0 Å². The molecule has 0 saturated carbocycles. The topological polar surface area (TPSA) is 55.6 Å². The molecular formula is C17H20N2O3. The second-order valence-electron chi connectivity index (χ2n) is 5.65. The maximum Gasteiger partial charge on any atom is 0.276 e. The highest BCUT2D eigenvalue weighted by Gasteiger charge is 2.26. The number of rotatable bonds is 3. The summed E-state index contributed by atoms with van der Waals surface area (Å²) in [6.45, 7) is 2.88. The van der Waals surface area contributed by atoms with Gasteiger partial charge in [-0.2, -0.15) is 0 Å². The monoisotopic (exact) mass is 300 g/mol. The zero-order valence-corrected chi connectivity index (χ0v) is 12.9. The lowest BCUT2D eigenvalue weighted by atomic mass is 10.0. The molecule has 5 heteroatoms. The molecule has 1 atom stereocenters. The maximum absolute atomic E-state index is 12.6. The zero-order valence-electron chi connectivity index (χ0n) is 12.9. The van der Waals surface area contributed by atoms with Crippen LogP contribution in [-0.2, 0) is 0 Å². The van der Waals surface area contributed by atoms with Crippen molar-refractivity contribution >= 4 is 5.91 Å². The Balaban J connectivity index is 1.82. The van der Waals surface area contributed by atoms with Crippen LogP contribution in [-0.4, -0.2) is 35.7 Å². The molecule has 1 saturated heterocycles. The molecule has 0 aliphatic carbocycles. The van der Waals surface area contributed by atoms with E-state index in [9.17, 15) is 4.79 Å². The van der Waals surface area contributed by atoms with Crippen molar-refractivity contribution in [3.05, 3.63) is 36.0 Å². The molecule has 0 spiro atoms. The summed E-state index contributed by atoms with van der Waals surface area (Å²) in [7, 11) is 1.62. The van der Waals surface area contributed by atoms with Crippen molar-refractivity contribution in [1.82, 2.24) is 10.1 Å². The molecule has 1 aliphatic rings. The highest BCUT2D eigenvalue weighted by molar-refractivity contribution is 5.93. The summed E-state index contributed by atoms with van der Waals surface area (Å²) in [5.74, 6) is 1.27. The van der Waals surface area contributed by atoms with E-state index in [1.54, 1.807) is 13.2 Å². The predicted octanol–water partition coefficient (Wildman–Crippen LogP) is 3.36. The number of carbonyl (C=O) groups excluding carboxylic acids is 1. The van der Waals surface area contributed by atoms with Gasteiger partial charge in [0.25, 0.3) is 5.91 Å². The van der Waals surface area contributed by atoms with Gasteiger partial charge in [0.05, 0.1) is 7.11 Å². The van der Waals surface area contributed by atoms with Crippen molar-refractivity contribution in [2.75, 3.05) is 13.7 Å². The quantitative estimate of drug-likeness (QED) is 0.872. The van der Waals surface area contributed by atoms with Gasteiger partial charge in [-0.1, -0.05) is 17.3 Å². The number of hydrogen-bond acceptors (Lipinski definition) is 4. The molecule has 1 fully saturated rings. The summed E-state index contributed by atoms with van der Waals surface area (Å²) in [4.78, 5) is 14.4. The average Bonchev–Trinajstić information content (AvgIpc) is 3.05. The first kappa shape index (κ1) is 14.6. The number of carbonyl (C=O) groups is 1. The van der Waals surface area contributed by atoms with Crippen LogP contribution in [0.5, 0.6) is 5.75 Å². The van der Waals surface area contributed by atoms with E-state index in [2.05, 4.69) is 12.1 Å². The Morgan fingerprint density at radius 3 is 3.00 bits per heavy atom. The number of benzene rings is 1. The smallest absolute Gasteiger partial charge is 0.276 e. The first-order valence-electron chi connectivity index (χ1n) is 7.61. The summed E-state index contributed by atoms with van der Waals surface area (Å²) in [6, 6.07) is 9.47. The van der Waals surface area contributed by atoms with Crippen molar-refractivity contribution in [1.29, 1.82) is 0 Å². The van der Waals surface area contributed by atoms with Crippen LogP contribution in [0.2, 0.25) is 0 Å². The summed E-state index contributed by atoms with van der Waals surface area (Å²) < 4.78 is 10.5. The third kappa shape index (κ3) is 2.84. The standard InChI is InChI=1S/C17H20N2O3/c1-12-6-3-4-9-19(12)17(20)15-11-16(22-18-15)13-7-5-8-14(10-13)21-2/h5,7-8,10-12H,3-4,6,9H2,1-2H3/t12-/m1/s1. The lowest BCUT2D eigenvalue weighted by Gasteiger charge is -2.32. The number of piperidine rings is 1. The number of ether oxygens (including phenoxy) is 1. The molecule has 2 aromatic rings. The Kier molecular flexibility index (Phi) is 4.13. The molecule has 116 valence electrons. The minimum atomic E-state index is -0.0508. The Labute approximate surface area is 129 Å². The Hall–Kier alpha value is -2.30. The average molecular weight is 300 g/mol. The van der Waals surface area contributed by atoms with Crippen molar-refractivity contribution in [2.24, 2.45) is 0 Å². The van der Waals surface area contributed by atoms with Gasteiger partial charge in [0.2, 0.25) is 0 Å². The van der Waals surface area contributed by atoms with E-state index in [1.165, 1.54) is 6.42 Å². The lowest BCUT2D eigenvalue weighted by Crippen LogP contribution is -2.42. The van der Waals surface area contributed by atoms with E-state index in [0.29, 0.717) is 11.5 Å². The fourth-order valence-corrected chi connectivity index (χ4v) is 2.84. The van der Waals surface area contributed by atoms with E-state index in [0.717, 1.165) is 30.7 Å². The summed E-state index contributed by atoms with van der Waals surface area (Å²) in [5.41, 5.74) is 1.21. The minimum absolute atomic E-state index is 0.0508. The van der Waals surface area contributed by atoms with Crippen LogP contribution >= 0.6 is 0 Å². The lowest BCUT2D eigenvalue weighted by molar-refractivity contribution is 0.0625. The van der Waals surface area contributed by atoms with Crippen LogP contribution < -0.4 is 4.74 Å². The molecule has 1 aliphatic heterocycles. The fraction of sp³-hybridized carbons (Fsp3) is 0.412. The summed E-state index contributed by atoms with van der Waals surface area (Å²) >= 11 is 0. The van der Waals surface area contributed by atoms with Gasteiger partial charge in [-0.05, 0) is 38.3 Å². The van der Waals surface area contributed by atoms with Crippen LogP contribution in [0.3, 0.4) is 0 Å². The Bertz CT molecular complexity index is 665.